The normalized spacial score (nSPS) is 10.4. The third-order valence-electron chi connectivity index (χ3n) is 2.36. The predicted molar refractivity (Wildman–Crippen MR) is 68.0 cm³/mol. The van der Waals surface area contributed by atoms with Crippen LogP contribution < -0.4 is 5.32 Å². The maximum atomic E-state index is 12.2. The van der Waals surface area contributed by atoms with Crippen molar-refractivity contribution in [2.75, 3.05) is 25.5 Å². The molecule has 0 saturated heterocycles. The molecule has 1 rings (SSSR count). The number of aromatic nitrogens is 2. The Hall–Kier alpha value is -1.65. The van der Waals surface area contributed by atoms with Gasteiger partial charge in [0.15, 0.2) is 0 Å². The molecule has 1 aromatic rings. The molecule has 17 heavy (non-hydrogen) atoms. The van der Waals surface area contributed by atoms with Crippen molar-refractivity contribution < 1.29 is 4.79 Å². The largest absolute Gasteiger partial charge is 0.372 e. The van der Waals surface area contributed by atoms with Crippen molar-refractivity contribution >= 4 is 11.7 Å². The second-order valence-corrected chi connectivity index (χ2v) is 4.28. The Morgan fingerprint density at radius 2 is 2.18 bits per heavy atom. The number of amides is 1. The minimum atomic E-state index is -0.0641. The standard InChI is InChI=1S/C12H20N4O/c1-5-16(8-9(2)3)12(17)10-6-14-7-11(13-4)15-10/h6-7,9H,5,8H2,1-4H3,(H,13,15). The van der Waals surface area contributed by atoms with Crippen molar-refractivity contribution in [1.82, 2.24) is 14.9 Å². The van der Waals surface area contributed by atoms with E-state index >= 15 is 0 Å². The first kappa shape index (κ1) is 13.4. The molecule has 1 N–H and O–H groups in total. The van der Waals surface area contributed by atoms with Gasteiger partial charge in [0.1, 0.15) is 11.5 Å². The highest BCUT2D eigenvalue weighted by atomic mass is 16.2. The number of nitrogens with one attached hydrogen (secondary N) is 1. The lowest BCUT2D eigenvalue weighted by molar-refractivity contribution is 0.0739. The molecule has 0 saturated carbocycles. The van der Waals surface area contributed by atoms with E-state index in [0.29, 0.717) is 24.0 Å². The molecule has 5 heteroatoms. The van der Waals surface area contributed by atoms with Crippen LogP contribution in [-0.4, -0.2) is 40.9 Å². The van der Waals surface area contributed by atoms with Crippen molar-refractivity contribution in [3.05, 3.63) is 18.1 Å². The third kappa shape index (κ3) is 3.69. The first-order valence-electron chi connectivity index (χ1n) is 5.87. The van der Waals surface area contributed by atoms with E-state index in [1.165, 1.54) is 6.20 Å². The Balaban J connectivity index is 2.85. The topological polar surface area (TPSA) is 58.1 Å². The molecule has 0 radical (unpaired) electrons. The summed E-state index contributed by atoms with van der Waals surface area (Å²) in [6.07, 6.45) is 3.10. The molecule has 1 heterocycles. The first-order valence-corrected chi connectivity index (χ1v) is 5.87. The molecular weight excluding hydrogens is 216 g/mol. The zero-order valence-corrected chi connectivity index (χ0v) is 10.9. The summed E-state index contributed by atoms with van der Waals surface area (Å²) in [5.74, 6) is 0.988. The Labute approximate surface area is 102 Å². The number of hydrogen-bond donors (Lipinski definition) is 1. The van der Waals surface area contributed by atoms with Gasteiger partial charge in [-0.25, -0.2) is 4.98 Å². The van der Waals surface area contributed by atoms with Crippen LogP contribution in [0.25, 0.3) is 0 Å². The van der Waals surface area contributed by atoms with E-state index in [9.17, 15) is 4.79 Å². The average molecular weight is 236 g/mol. The van der Waals surface area contributed by atoms with Crippen LogP contribution in [0.2, 0.25) is 0 Å². The minimum absolute atomic E-state index is 0.0641. The highest BCUT2D eigenvalue weighted by Gasteiger charge is 2.17. The molecule has 0 atom stereocenters. The lowest BCUT2D eigenvalue weighted by Gasteiger charge is -2.22. The van der Waals surface area contributed by atoms with E-state index in [2.05, 4.69) is 29.1 Å². The van der Waals surface area contributed by atoms with Crippen LogP contribution in [0.3, 0.4) is 0 Å². The fourth-order valence-corrected chi connectivity index (χ4v) is 1.55. The van der Waals surface area contributed by atoms with Gasteiger partial charge in [0.25, 0.3) is 5.91 Å². The van der Waals surface area contributed by atoms with Crippen LogP contribution in [0, 0.1) is 5.92 Å². The second-order valence-electron chi connectivity index (χ2n) is 4.28. The molecule has 0 aliphatic carbocycles. The first-order chi connectivity index (χ1) is 8.08. The van der Waals surface area contributed by atoms with E-state index < -0.39 is 0 Å². The summed E-state index contributed by atoms with van der Waals surface area (Å²) in [6.45, 7) is 7.57. The number of rotatable bonds is 5. The Kier molecular flexibility index (Phi) is 4.87. The van der Waals surface area contributed by atoms with Crippen molar-refractivity contribution in [3.8, 4) is 0 Å². The zero-order valence-electron chi connectivity index (χ0n) is 10.9. The van der Waals surface area contributed by atoms with E-state index in [4.69, 9.17) is 0 Å². The monoisotopic (exact) mass is 236 g/mol. The van der Waals surface area contributed by atoms with Gasteiger partial charge in [-0.3, -0.25) is 9.78 Å². The van der Waals surface area contributed by atoms with E-state index in [1.54, 1.807) is 18.1 Å². The third-order valence-corrected chi connectivity index (χ3v) is 2.36. The molecule has 94 valence electrons. The van der Waals surface area contributed by atoms with Crippen LogP contribution in [0.15, 0.2) is 12.4 Å². The smallest absolute Gasteiger partial charge is 0.274 e. The van der Waals surface area contributed by atoms with E-state index in [0.717, 1.165) is 6.54 Å². The van der Waals surface area contributed by atoms with Gasteiger partial charge in [-0.1, -0.05) is 13.8 Å². The number of carbonyl (C=O) groups is 1. The fraction of sp³-hybridized carbons (Fsp3) is 0.583. The highest BCUT2D eigenvalue weighted by Crippen LogP contribution is 2.07. The van der Waals surface area contributed by atoms with E-state index in [1.807, 2.05) is 6.92 Å². The minimum Gasteiger partial charge on any atom is -0.372 e. The Bertz CT molecular complexity index is 379. The van der Waals surface area contributed by atoms with Crippen molar-refractivity contribution in [1.29, 1.82) is 0 Å². The maximum Gasteiger partial charge on any atom is 0.274 e. The number of nitrogens with zero attached hydrogens (tertiary/aromatic N) is 3. The van der Waals surface area contributed by atoms with Crippen molar-refractivity contribution in [2.45, 2.75) is 20.8 Å². The lowest BCUT2D eigenvalue weighted by atomic mass is 10.2. The summed E-state index contributed by atoms with van der Waals surface area (Å²) in [6, 6.07) is 0. The van der Waals surface area contributed by atoms with Crippen LogP contribution in [0.1, 0.15) is 31.3 Å². The van der Waals surface area contributed by atoms with Gasteiger partial charge in [-0.05, 0) is 12.8 Å². The van der Waals surface area contributed by atoms with Gasteiger partial charge in [0.2, 0.25) is 0 Å². The molecule has 0 unspecified atom stereocenters. The number of anilines is 1. The lowest BCUT2D eigenvalue weighted by Crippen LogP contribution is -2.34. The highest BCUT2D eigenvalue weighted by molar-refractivity contribution is 5.92. The molecule has 1 aromatic heterocycles. The summed E-state index contributed by atoms with van der Waals surface area (Å²) < 4.78 is 0. The molecule has 0 bridgehead atoms. The van der Waals surface area contributed by atoms with Crippen LogP contribution in [-0.2, 0) is 0 Å². The second kappa shape index (κ2) is 6.18. The number of carbonyl (C=O) groups excluding carboxylic acids is 1. The van der Waals surface area contributed by atoms with Gasteiger partial charge in [-0.15, -0.1) is 0 Å². The summed E-state index contributed by atoms with van der Waals surface area (Å²) in [5.41, 5.74) is 0.388. The van der Waals surface area contributed by atoms with E-state index in [-0.39, 0.29) is 5.91 Å². The summed E-state index contributed by atoms with van der Waals surface area (Å²) >= 11 is 0. The maximum absolute atomic E-state index is 12.2. The molecule has 5 nitrogen and oxygen atoms in total. The van der Waals surface area contributed by atoms with Crippen molar-refractivity contribution in [3.63, 3.8) is 0 Å². The summed E-state index contributed by atoms with van der Waals surface area (Å²) in [4.78, 5) is 22.2. The average Bonchev–Trinajstić information content (AvgIpc) is 2.35. The van der Waals surface area contributed by atoms with Gasteiger partial charge >= 0.3 is 0 Å². The molecule has 0 aliphatic rings. The molecule has 0 aromatic carbocycles. The fourth-order valence-electron chi connectivity index (χ4n) is 1.55. The van der Waals surface area contributed by atoms with Crippen LogP contribution in [0.5, 0.6) is 0 Å². The molecule has 1 amide bonds. The summed E-state index contributed by atoms with van der Waals surface area (Å²) in [5, 5.41) is 2.88. The Morgan fingerprint density at radius 1 is 1.47 bits per heavy atom. The summed E-state index contributed by atoms with van der Waals surface area (Å²) in [7, 11) is 1.75. The predicted octanol–water partition coefficient (Wildman–Crippen LogP) is 1.64. The van der Waals surface area contributed by atoms with Crippen molar-refractivity contribution in [2.24, 2.45) is 5.92 Å². The van der Waals surface area contributed by atoms with Gasteiger partial charge < -0.3 is 10.2 Å². The van der Waals surface area contributed by atoms with Gasteiger partial charge in [0.05, 0.1) is 12.4 Å². The molecule has 0 spiro atoms. The number of hydrogen-bond acceptors (Lipinski definition) is 4. The SMILES string of the molecule is CCN(CC(C)C)C(=O)c1cncc(NC)n1. The van der Waals surface area contributed by atoms with Crippen LogP contribution >= 0.6 is 0 Å². The molecular formula is C12H20N4O. The van der Waals surface area contributed by atoms with Gasteiger partial charge in [-0.2, -0.15) is 0 Å². The van der Waals surface area contributed by atoms with Gasteiger partial charge in [0, 0.05) is 20.1 Å². The molecule has 0 aliphatic heterocycles. The molecule has 0 fully saturated rings. The van der Waals surface area contributed by atoms with Crippen LogP contribution in [0.4, 0.5) is 5.82 Å². The quantitative estimate of drug-likeness (QED) is 0.844. The zero-order chi connectivity index (χ0) is 12.8. The Morgan fingerprint density at radius 3 is 2.71 bits per heavy atom.